The molecule has 0 saturated carbocycles. The van der Waals surface area contributed by atoms with Gasteiger partial charge in [-0.25, -0.2) is 4.79 Å². The molecule has 0 N–H and O–H groups in total. The summed E-state index contributed by atoms with van der Waals surface area (Å²) >= 11 is 0. The summed E-state index contributed by atoms with van der Waals surface area (Å²) in [6, 6.07) is -0.278. The maximum absolute atomic E-state index is 11.8. The standard InChI is InChI=1S/C12H23NO4/c1-5-10(13(6-2)7-3)12(15)17-9-11(14)16-8-4/h10H,5-9H2,1-4H3/t10-/m1/s1. The van der Waals surface area contributed by atoms with Crippen molar-refractivity contribution in [2.75, 3.05) is 26.3 Å². The molecule has 0 saturated heterocycles. The normalized spacial score (nSPS) is 12.3. The first kappa shape index (κ1) is 15.9. The minimum Gasteiger partial charge on any atom is -0.463 e. The first-order valence-corrected chi connectivity index (χ1v) is 6.16. The van der Waals surface area contributed by atoms with Crippen LogP contribution in [0.25, 0.3) is 0 Å². The van der Waals surface area contributed by atoms with E-state index in [1.54, 1.807) is 6.92 Å². The number of hydrogen-bond acceptors (Lipinski definition) is 5. The Balaban J connectivity index is 4.21. The third-order valence-corrected chi connectivity index (χ3v) is 2.55. The summed E-state index contributed by atoms with van der Waals surface area (Å²) in [5.41, 5.74) is 0. The molecule has 0 unspecified atom stereocenters. The van der Waals surface area contributed by atoms with Gasteiger partial charge in [0.25, 0.3) is 0 Å². The highest BCUT2D eigenvalue weighted by Gasteiger charge is 2.24. The van der Waals surface area contributed by atoms with Gasteiger partial charge in [0.05, 0.1) is 6.61 Å². The van der Waals surface area contributed by atoms with Crippen LogP contribution in [0.3, 0.4) is 0 Å². The van der Waals surface area contributed by atoms with Crippen molar-refractivity contribution < 1.29 is 19.1 Å². The topological polar surface area (TPSA) is 55.8 Å². The number of hydrogen-bond donors (Lipinski definition) is 0. The zero-order chi connectivity index (χ0) is 13.3. The number of esters is 2. The lowest BCUT2D eigenvalue weighted by Gasteiger charge is -2.26. The molecule has 0 amide bonds. The molecule has 0 aromatic heterocycles. The Labute approximate surface area is 103 Å². The SMILES string of the molecule is CCOC(=O)COC(=O)[C@@H](CC)N(CC)CC. The summed E-state index contributed by atoms with van der Waals surface area (Å²) in [6.07, 6.45) is 0.670. The summed E-state index contributed by atoms with van der Waals surface area (Å²) in [5.74, 6) is -0.862. The maximum Gasteiger partial charge on any atom is 0.344 e. The van der Waals surface area contributed by atoms with Crippen LogP contribution in [0.2, 0.25) is 0 Å². The molecule has 0 radical (unpaired) electrons. The molecule has 1 atom stereocenters. The van der Waals surface area contributed by atoms with Gasteiger partial charge in [0, 0.05) is 0 Å². The molecule has 0 spiro atoms. The van der Waals surface area contributed by atoms with Gasteiger partial charge < -0.3 is 9.47 Å². The molecule has 5 nitrogen and oxygen atoms in total. The molecule has 0 heterocycles. The average Bonchev–Trinajstić information content (AvgIpc) is 2.33. The molecule has 0 aromatic carbocycles. The van der Waals surface area contributed by atoms with Gasteiger partial charge in [-0.2, -0.15) is 0 Å². The zero-order valence-corrected chi connectivity index (χ0v) is 11.2. The predicted octanol–water partition coefficient (Wildman–Crippen LogP) is 1.21. The van der Waals surface area contributed by atoms with Crippen molar-refractivity contribution in [3.63, 3.8) is 0 Å². The lowest BCUT2D eigenvalue weighted by atomic mass is 10.2. The largest absolute Gasteiger partial charge is 0.463 e. The smallest absolute Gasteiger partial charge is 0.344 e. The van der Waals surface area contributed by atoms with Gasteiger partial charge >= 0.3 is 11.9 Å². The van der Waals surface area contributed by atoms with E-state index in [4.69, 9.17) is 4.74 Å². The third-order valence-electron chi connectivity index (χ3n) is 2.55. The summed E-state index contributed by atoms with van der Waals surface area (Å²) < 4.78 is 9.63. The molecule has 0 aliphatic heterocycles. The van der Waals surface area contributed by atoms with Gasteiger partial charge in [0.1, 0.15) is 6.04 Å². The Kier molecular flexibility index (Phi) is 8.40. The first-order valence-electron chi connectivity index (χ1n) is 6.16. The van der Waals surface area contributed by atoms with Crippen LogP contribution in [0.4, 0.5) is 0 Å². The summed E-state index contributed by atoms with van der Waals surface area (Å²) in [4.78, 5) is 24.8. The van der Waals surface area contributed by atoms with Gasteiger partial charge in [0.15, 0.2) is 6.61 Å². The van der Waals surface area contributed by atoms with Gasteiger partial charge in [-0.15, -0.1) is 0 Å². The Morgan fingerprint density at radius 1 is 1.06 bits per heavy atom. The third kappa shape index (κ3) is 5.68. The van der Waals surface area contributed by atoms with Crippen molar-refractivity contribution in [3.8, 4) is 0 Å². The van der Waals surface area contributed by atoms with Crippen LogP contribution >= 0.6 is 0 Å². The highest BCUT2D eigenvalue weighted by Crippen LogP contribution is 2.06. The second-order valence-electron chi connectivity index (χ2n) is 3.56. The predicted molar refractivity (Wildman–Crippen MR) is 64.6 cm³/mol. The minimum absolute atomic E-state index is 0.278. The molecule has 0 bridgehead atoms. The Morgan fingerprint density at radius 3 is 2.06 bits per heavy atom. The molecule has 100 valence electrons. The fraction of sp³-hybridized carbons (Fsp3) is 0.833. The highest BCUT2D eigenvalue weighted by atomic mass is 16.6. The van der Waals surface area contributed by atoms with E-state index in [2.05, 4.69) is 4.74 Å². The highest BCUT2D eigenvalue weighted by molar-refractivity contribution is 5.79. The lowest BCUT2D eigenvalue weighted by molar-refractivity contribution is -0.161. The molecule has 17 heavy (non-hydrogen) atoms. The van der Waals surface area contributed by atoms with Crippen LogP contribution in [-0.4, -0.2) is 49.2 Å². The zero-order valence-electron chi connectivity index (χ0n) is 11.2. The van der Waals surface area contributed by atoms with Gasteiger partial charge in [-0.05, 0) is 26.4 Å². The second kappa shape index (κ2) is 8.98. The van der Waals surface area contributed by atoms with Crippen molar-refractivity contribution in [1.82, 2.24) is 4.90 Å². The van der Waals surface area contributed by atoms with Crippen LogP contribution < -0.4 is 0 Å². The van der Waals surface area contributed by atoms with Crippen LogP contribution in [0.1, 0.15) is 34.1 Å². The van der Waals surface area contributed by atoms with E-state index in [0.29, 0.717) is 13.0 Å². The Hall–Kier alpha value is -1.10. The first-order chi connectivity index (χ1) is 8.10. The Bertz CT molecular complexity index is 239. The number of carbonyl (C=O) groups is 2. The van der Waals surface area contributed by atoms with E-state index >= 15 is 0 Å². The summed E-state index contributed by atoms with van der Waals surface area (Å²) in [6.45, 7) is 9.18. The maximum atomic E-state index is 11.8. The minimum atomic E-state index is -0.504. The van der Waals surface area contributed by atoms with Crippen molar-refractivity contribution >= 4 is 11.9 Å². The van der Waals surface area contributed by atoms with E-state index in [1.165, 1.54) is 0 Å². The van der Waals surface area contributed by atoms with Crippen molar-refractivity contribution in [1.29, 1.82) is 0 Å². The van der Waals surface area contributed by atoms with E-state index in [9.17, 15) is 9.59 Å². The monoisotopic (exact) mass is 245 g/mol. The number of ether oxygens (including phenoxy) is 2. The van der Waals surface area contributed by atoms with Gasteiger partial charge in [-0.3, -0.25) is 9.69 Å². The van der Waals surface area contributed by atoms with Crippen molar-refractivity contribution in [3.05, 3.63) is 0 Å². The van der Waals surface area contributed by atoms with Gasteiger partial charge in [0.2, 0.25) is 0 Å². The summed E-state index contributed by atoms with van der Waals surface area (Å²) in [5, 5.41) is 0. The van der Waals surface area contributed by atoms with Gasteiger partial charge in [-0.1, -0.05) is 20.8 Å². The lowest BCUT2D eigenvalue weighted by Crippen LogP contribution is -2.42. The summed E-state index contributed by atoms with van der Waals surface area (Å²) in [7, 11) is 0. The molecular formula is C12H23NO4. The van der Waals surface area contributed by atoms with Crippen LogP contribution in [0.5, 0.6) is 0 Å². The van der Waals surface area contributed by atoms with E-state index < -0.39 is 5.97 Å². The van der Waals surface area contributed by atoms with Crippen molar-refractivity contribution in [2.45, 2.75) is 40.2 Å². The fourth-order valence-electron chi connectivity index (χ4n) is 1.67. The molecule has 0 aliphatic rings. The molecule has 0 aliphatic carbocycles. The van der Waals surface area contributed by atoms with E-state index in [0.717, 1.165) is 13.1 Å². The molecule has 5 heteroatoms. The van der Waals surface area contributed by atoms with E-state index in [1.807, 2.05) is 25.7 Å². The second-order valence-corrected chi connectivity index (χ2v) is 3.56. The van der Waals surface area contributed by atoms with Crippen LogP contribution in [-0.2, 0) is 19.1 Å². The average molecular weight is 245 g/mol. The number of nitrogens with zero attached hydrogens (tertiary/aromatic N) is 1. The fourth-order valence-corrected chi connectivity index (χ4v) is 1.67. The number of rotatable bonds is 8. The molecule has 0 aromatic rings. The van der Waals surface area contributed by atoms with Crippen LogP contribution in [0, 0.1) is 0 Å². The quantitative estimate of drug-likeness (QED) is 0.602. The molecular weight excluding hydrogens is 222 g/mol. The van der Waals surface area contributed by atoms with Crippen LogP contribution in [0.15, 0.2) is 0 Å². The number of carbonyl (C=O) groups excluding carboxylic acids is 2. The van der Waals surface area contributed by atoms with E-state index in [-0.39, 0.29) is 18.6 Å². The molecule has 0 fully saturated rings. The van der Waals surface area contributed by atoms with Crippen molar-refractivity contribution in [2.24, 2.45) is 0 Å². The molecule has 0 rings (SSSR count). The number of likely N-dealkylation sites (N-methyl/N-ethyl adjacent to an activating group) is 1. The Morgan fingerprint density at radius 2 is 1.65 bits per heavy atom.